The summed E-state index contributed by atoms with van der Waals surface area (Å²) in [4.78, 5) is 0. The van der Waals surface area contributed by atoms with Gasteiger partial charge in [0, 0.05) is 5.41 Å². The molecule has 0 aromatic heterocycles. The minimum atomic E-state index is -0.00407. The first kappa shape index (κ1) is 14.4. The third-order valence-electron chi connectivity index (χ3n) is 5.34. The minimum Gasteiger partial charge on any atom is -0.393 e. The van der Waals surface area contributed by atoms with Crippen molar-refractivity contribution in [3.05, 3.63) is 0 Å². The summed E-state index contributed by atoms with van der Waals surface area (Å²) in [6, 6.07) is 0. The molecular formula is C17H32O. The first-order valence-electron chi connectivity index (χ1n) is 8.43. The van der Waals surface area contributed by atoms with Crippen LogP contribution in [0.3, 0.4) is 0 Å². The van der Waals surface area contributed by atoms with E-state index in [4.69, 9.17) is 0 Å². The molecule has 1 nitrogen and oxygen atoms in total. The molecule has 2 aliphatic rings. The van der Waals surface area contributed by atoms with Crippen LogP contribution in [0, 0.1) is 17.3 Å². The largest absolute Gasteiger partial charge is 0.393 e. The zero-order valence-electron chi connectivity index (χ0n) is 12.5. The van der Waals surface area contributed by atoms with Crippen molar-refractivity contribution in [2.45, 2.75) is 90.6 Å². The van der Waals surface area contributed by atoms with Gasteiger partial charge in [0.25, 0.3) is 0 Å². The molecule has 0 heterocycles. The molecule has 2 fully saturated rings. The molecule has 106 valence electrons. The van der Waals surface area contributed by atoms with Gasteiger partial charge in [-0.25, -0.2) is 0 Å². The maximum atomic E-state index is 10.8. The molecule has 2 aliphatic carbocycles. The standard InChI is InChI=1S/C17H32O/c1-3-5-7-8-16(18)17(13-6-4-2,14-9-10-14)15-11-12-15/h14-16,18H,3-13H2,1-2H3. The van der Waals surface area contributed by atoms with Crippen LogP contribution in [0.5, 0.6) is 0 Å². The monoisotopic (exact) mass is 252 g/mol. The van der Waals surface area contributed by atoms with Crippen molar-refractivity contribution in [1.82, 2.24) is 0 Å². The smallest absolute Gasteiger partial charge is 0.0601 e. The molecule has 0 saturated heterocycles. The van der Waals surface area contributed by atoms with Crippen LogP contribution < -0.4 is 0 Å². The van der Waals surface area contributed by atoms with Crippen molar-refractivity contribution in [2.24, 2.45) is 17.3 Å². The Labute approximate surface area is 113 Å². The van der Waals surface area contributed by atoms with Crippen molar-refractivity contribution >= 4 is 0 Å². The number of rotatable bonds is 10. The first-order valence-corrected chi connectivity index (χ1v) is 8.43. The van der Waals surface area contributed by atoms with Gasteiger partial charge in [-0.1, -0.05) is 46.0 Å². The molecule has 0 aromatic carbocycles. The van der Waals surface area contributed by atoms with Crippen LogP contribution in [0.25, 0.3) is 0 Å². The zero-order chi connectivity index (χ0) is 13.0. The third-order valence-corrected chi connectivity index (χ3v) is 5.34. The molecule has 18 heavy (non-hydrogen) atoms. The lowest BCUT2D eigenvalue weighted by Gasteiger charge is -2.40. The maximum Gasteiger partial charge on any atom is 0.0601 e. The van der Waals surface area contributed by atoms with E-state index >= 15 is 0 Å². The van der Waals surface area contributed by atoms with Crippen LogP contribution in [-0.2, 0) is 0 Å². The topological polar surface area (TPSA) is 20.2 Å². The van der Waals surface area contributed by atoms with Crippen LogP contribution in [0.15, 0.2) is 0 Å². The highest BCUT2D eigenvalue weighted by molar-refractivity contribution is 5.06. The van der Waals surface area contributed by atoms with Gasteiger partial charge in [-0.3, -0.25) is 0 Å². The van der Waals surface area contributed by atoms with Gasteiger partial charge < -0.3 is 5.11 Å². The highest BCUT2D eigenvalue weighted by atomic mass is 16.3. The summed E-state index contributed by atoms with van der Waals surface area (Å²) in [6.45, 7) is 4.53. The summed E-state index contributed by atoms with van der Waals surface area (Å²) in [6.07, 6.45) is 14.3. The van der Waals surface area contributed by atoms with Gasteiger partial charge in [-0.05, 0) is 50.4 Å². The van der Waals surface area contributed by atoms with E-state index in [0.29, 0.717) is 5.41 Å². The molecule has 1 atom stereocenters. The maximum absolute atomic E-state index is 10.8. The lowest BCUT2D eigenvalue weighted by Crippen LogP contribution is -2.39. The van der Waals surface area contributed by atoms with E-state index in [-0.39, 0.29) is 6.10 Å². The molecule has 0 spiro atoms. The Balaban J connectivity index is 1.97. The molecule has 2 saturated carbocycles. The molecule has 0 aromatic rings. The van der Waals surface area contributed by atoms with Crippen molar-refractivity contribution < 1.29 is 5.11 Å². The Morgan fingerprint density at radius 1 is 0.944 bits per heavy atom. The van der Waals surface area contributed by atoms with Crippen LogP contribution in [0.1, 0.15) is 84.5 Å². The van der Waals surface area contributed by atoms with Crippen molar-refractivity contribution in [2.75, 3.05) is 0 Å². The van der Waals surface area contributed by atoms with Crippen LogP contribution >= 0.6 is 0 Å². The second kappa shape index (κ2) is 6.41. The number of hydrogen-bond donors (Lipinski definition) is 1. The second-order valence-corrected chi connectivity index (χ2v) is 6.78. The Bertz CT molecular complexity index is 228. The predicted octanol–water partition coefficient (Wildman–Crippen LogP) is 4.92. The average Bonchev–Trinajstić information content (AvgIpc) is 3.22. The van der Waals surface area contributed by atoms with Crippen LogP contribution in [0.2, 0.25) is 0 Å². The van der Waals surface area contributed by atoms with Gasteiger partial charge in [0.1, 0.15) is 0 Å². The van der Waals surface area contributed by atoms with E-state index in [2.05, 4.69) is 13.8 Å². The normalized spacial score (nSPS) is 22.2. The minimum absolute atomic E-state index is 0.00407. The Morgan fingerprint density at radius 3 is 1.94 bits per heavy atom. The molecule has 1 heteroatoms. The summed E-state index contributed by atoms with van der Waals surface area (Å²) in [5.74, 6) is 1.74. The van der Waals surface area contributed by atoms with Crippen LogP contribution in [0.4, 0.5) is 0 Å². The van der Waals surface area contributed by atoms with E-state index in [9.17, 15) is 5.11 Å². The molecule has 0 aliphatic heterocycles. The summed E-state index contributed by atoms with van der Waals surface area (Å²) in [5.41, 5.74) is 0.337. The molecule has 1 N–H and O–H groups in total. The van der Waals surface area contributed by atoms with E-state index in [1.807, 2.05) is 0 Å². The fourth-order valence-corrected chi connectivity index (χ4v) is 4.03. The number of aliphatic hydroxyl groups is 1. The third kappa shape index (κ3) is 3.10. The van der Waals surface area contributed by atoms with Gasteiger partial charge in [-0.2, -0.15) is 0 Å². The highest BCUT2D eigenvalue weighted by Gasteiger charge is 2.56. The van der Waals surface area contributed by atoms with Gasteiger partial charge in [0.2, 0.25) is 0 Å². The lowest BCUT2D eigenvalue weighted by molar-refractivity contribution is -0.0259. The predicted molar refractivity (Wildman–Crippen MR) is 77.6 cm³/mol. The fourth-order valence-electron chi connectivity index (χ4n) is 4.03. The average molecular weight is 252 g/mol. The Hall–Kier alpha value is -0.0400. The molecule has 0 bridgehead atoms. The number of aliphatic hydroxyl groups excluding tert-OH is 1. The van der Waals surface area contributed by atoms with Crippen LogP contribution in [-0.4, -0.2) is 11.2 Å². The van der Waals surface area contributed by atoms with E-state index in [1.165, 1.54) is 64.2 Å². The van der Waals surface area contributed by atoms with Gasteiger partial charge in [0.05, 0.1) is 6.10 Å². The second-order valence-electron chi connectivity index (χ2n) is 6.78. The highest BCUT2D eigenvalue weighted by Crippen LogP contribution is 2.62. The van der Waals surface area contributed by atoms with Gasteiger partial charge in [-0.15, -0.1) is 0 Å². The van der Waals surface area contributed by atoms with E-state index in [1.54, 1.807) is 0 Å². The fraction of sp³-hybridized carbons (Fsp3) is 1.00. The lowest BCUT2D eigenvalue weighted by atomic mass is 9.68. The zero-order valence-corrected chi connectivity index (χ0v) is 12.5. The summed E-state index contributed by atoms with van der Waals surface area (Å²) >= 11 is 0. The quantitative estimate of drug-likeness (QED) is 0.547. The SMILES string of the molecule is CCCCCC(O)C(CCCC)(C1CC1)C1CC1. The van der Waals surface area contributed by atoms with Gasteiger partial charge >= 0.3 is 0 Å². The van der Waals surface area contributed by atoms with Crippen molar-refractivity contribution in [3.63, 3.8) is 0 Å². The summed E-state index contributed by atoms with van der Waals surface area (Å²) in [5, 5.41) is 10.8. The van der Waals surface area contributed by atoms with E-state index in [0.717, 1.165) is 18.3 Å². The molecule has 1 unspecified atom stereocenters. The molecule has 2 rings (SSSR count). The summed E-state index contributed by atoms with van der Waals surface area (Å²) in [7, 11) is 0. The number of hydrogen-bond acceptors (Lipinski definition) is 1. The van der Waals surface area contributed by atoms with E-state index < -0.39 is 0 Å². The summed E-state index contributed by atoms with van der Waals surface area (Å²) < 4.78 is 0. The van der Waals surface area contributed by atoms with Gasteiger partial charge in [0.15, 0.2) is 0 Å². The molecule has 0 amide bonds. The van der Waals surface area contributed by atoms with Crippen molar-refractivity contribution in [1.29, 1.82) is 0 Å². The molecular weight excluding hydrogens is 220 g/mol. The Kier molecular flexibility index (Phi) is 5.12. The molecule has 0 radical (unpaired) electrons. The number of unbranched alkanes of at least 4 members (excludes halogenated alkanes) is 3. The Morgan fingerprint density at radius 2 is 1.50 bits per heavy atom. The van der Waals surface area contributed by atoms with Crippen molar-refractivity contribution in [3.8, 4) is 0 Å². The first-order chi connectivity index (χ1) is 8.75.